The topological polar surface area (TPSA) is 38.0 Å². The van der Waals surface area contributed by atoms with Crippen LogP contribution in [0.25, 0.3) is 0 Å². The molecule has 1 aliphatic carbocycles. The van der Waals surface area contributed by atoms with Crippen molar-refractivity contribution in [2.45, 2.75) is 19.3 Å². The van der Waals surface area contributed by atoms with Gasteiger partial charge in [0.1, 0.15) is 11.6 Å². The molecule has 0 fully saturated rings. The molecule has 2 rings (SSSR count). The highest BCUT2D eigenvalue weighted by Crippen LogP contribution is 2.27. The molecule has 0 saturated heterocycles. The second-order valence-electron chi connectivity index (χ2n) is 4.51. The molecule has 0 aliphatic heterocycles. The maximum absolute atomic E-state index is 13.6. The van der Waals surface area contributed by atoms with Crippen LogP contribution in [0.1, 0.15) is 19.3 Å². The molecule has 0 radical (unpaired) electrons. The lowest BCUT2D eigenvalue weighted by Gasteiger charge is -2.14. The lowest BCUT2D eigenvalue weighted by atomic mass is 10.0. The minimum atomic E-state index is -0.382. The van der Waals surface area contributed by atoms with Gasteiger partial charge >= 0.3 is 0 Å². The molecule has 0 atom stereocenters. The first kappa shape index (κ1) is 13.3. The molecule has 1 aliphatic rings. The monoisotopic (exact) mass is 262 g/mol. The second-order valence-corrected chi connectivity index (χ2v) is 4.51. The summed E-state index contributed by atoms with van der Waals surface area (Å²) in [7, 11) is 0. The van der Waals surface area contributed by atoms with Gasteiger partial charge in [-0.25, -0.2) is 8.78 Å². The van der Waals surface area contributed by atoms with E-state index in [-0.39, 0.29) is 11.6 Å². The van der Waals surface area contributed by atoms with Gasteiger partial charge in [0.25, 0.3) is 0 Å². The molecule has 0 unspecified atom stereocenters. The van der Waals surface area contributed by atoms with Crippen LogP contribution in [0.2, 0.25) is 0 Å². The molecule has 0 amide bonds. The van der Waals surface area contributed by atoms with Gasteiger partial charge in [-0.2, -0.15) is 0 Å². The summed E-state index contributed by atoms with van der Waals surface area (Å²) >= 11 is 0. The van der Waals surface area contributed by atoms with E-state index in [2.05, 4.69) is 11.9 Å². The van der Waals surface area contributed by atoms with E-state index in [1.165, 1.54) is 18.2 Å². The molecule has 0 bridgehead atoms. The predicted molar refractivity (Wildman–Crippen MR) is 74.7 cm³/mol. The van der Waals surface area contributed by atoms with Crippen LogP contribution in [0.4, 0.5) is 20.2 Å². The zero-order chi connectivity index (χ0) is 13.8. The number of nitrogens with two attached hydrogens (primary N) is 1. The van der Waals surface area contributed by atoms with E-state index in [1.807, 2.05) is 6.08 Å². The van der Waals surface area contributed by atoms with Crippen LogP contribution in [0.3, 0.4) is 0 Å². The predicted octanol–water partition coefficient (Wildman–Crippen LogP) is 4.30. The highest BCUT2D eigenvalue weighted by molar-refractivity contribution is 5.68. The molecule has 4 heteroatoms. The minimum Gasteiger partial charge on any atom is -0.397 e. The number of anilines is 2. The molecular formula is C15H16F2N2. The Morgan fingerprint density at radius 2 is 2.16 bits per heavy atom. The van der Waals surface area contributed by atoms with Crippen LogP contribution in [-0.2, 0) is 0 Å². The van der Waals surface area contributed by atoms with Crippen LogP contribution < -0.4 is 11.1 Å². The standard InChI is InChI=1S/C15H16F2N2/c1-10(8-11-4-2-3-5-13(11)17)19-15-9-12(16)6-7-14(15)18/h2,4,6-7,9,19H,1,3,5,8,18H2. The van der Waals surface area contributed by atoms with Crippen molar-refractivity contribution in [3.05, 3.63) is 59.8 Å². The van der Waals surface area contributed by atoms with Gasteiger partial charge in [0.15, 0.2) is 0 Å². The molecular weight excluding hydrogens is 246 g/mol. The van der Waals surface area contributed by atoms with Crippen LogP contribution in [0.15, 0.2) is 54.0 Å². The minimum absolute atomic E-state index is 0.113. The number of halogens is 2. The van der Waals surface area contributed by atoms with Crippen molar-refractivity contribution in [2.24, 2.45) is 0 Å². The van der Waals surface area contributed by atoms with E-state index >= 15 is 0 Å². The van der Waals surface area contributed by atoms with Crippen molar-refractivity contribution in [1.29, 1.82) is 0 Å². The van der Waals surface area contributed by atoms with Gasteiger partial charge in [-0.15, -0.1) is 0 Å². The lowest BCUT2D eigenvalue weighted by Crippen LogP contribution is -2.04. The Morgan fingerprint density at radius 1 is 1.37 bits per heavy atom. The van der Waals surface area contributed by atoms with Gasteiger partial charge in [-0.05, 0) is 30.2 Å². The van der Waals surface area contributed by atoms with Gasteiger partial charge in [0.05, 0.1) is 11.4 Å². The lowest BCUT2D eigenvalue weighted by molar-refractivity contribution is 0.574. The SMILES string of the molecule is C=C(CC1=C(F)CCC=C1)Nc1cc(F)ccc1N. The Hall–Kier alpha value is -2.10. The van der Waals surface area contributed by atoms with Crippen LogP contribution in [0.5, 0.6) is 0 Å². The fourth-order valence-corrected chi connectivity index (χ4v) is 1.94. The average molecular weight is 262 g/mol. The average Bonchev–Trinajstić information content (AvgIpc) is 2.37. The number of nitrogens with one attached hydrogen (secondary N) is 1. The zero-order valence-electron chi connectivity index (χ0n) is 10.5. The summed E-state index contributed by atoms with van der Waals surface area (Å²) in [6, 6.07) is 4.06. The third kappa shape index (κ3) is 3.44. The highest BCUT2D eigenvalue weighted by atomic mass is 19.1. The first-order chi connectivity index (χ1) is 9.06. The molecule has 0 saturated carbocycles. The summed E-state index contributed by atoms with van der Waals surface area (Å²) in [5.74, 6) is -0.495. The van der Waals surface area contributed by atoms with E-state index in [9.17, 15) is 8.78 Å². The molecule has 0 aromatic heterocycles. The molecule has 1 aromatic carbocycles. The van der Waals surface area contributed by atoms with Crippen molar-refractivity contribution in [3.8, 4) is 0 Å². The van der Waals surface area contributed by atoms with Gasteiger partial charge in [-0.3, -0.25) is 0 Å². The number of benzene rings is 1. The van der Waals surface area contributed by atoms with Crippen molar-refractivity contribution >= 4 is 11.4 Å². The summed E-state index contributed by atoms with van der Waals surface area (Å²) < 4.78 is 26.7. The van der Waals surface area contributed by atoms with Crippen LogP contribution in [-0.4, -0.2) is 0 Å². The largest absolute Gasteiger partial charge is 0.397 e. The van der Waals surface area contributed by atoms with Gasteiger partial charge in [0.2, 0.25) is 0 Å². The molecule has 100 valence electrons. The maximum atomic E-state index is 13.6. The fourth-order valence-electron chi connectivity index (χ4n) is 1.94. The Morgan fingerprint density at radius 3 is 2.89 bits per heavy atom. The van der Waals surface area contributed by atoms with Crippen molar-refractivity contribution in [1.82, 2.24) is 0 Å². The number of allylic oxidation sites excluding steroid dienone is 4. The van der Waals surface area contributed by atoms with Crippen molar-refractivity contribution < 1.29 is 8.78 Å². The number of hydrogen-bond donors (Lipinski definition) is 2. The molecule has 19 heavy (non-hydrogen) atoms. The summed E-state index contributed by atoms with van der Waals surface area (Å²) in [6.07, 6.45) is 5.22. The number of nitrogen functional groups attached to an aromatic ring is 1. The number of rotatable bonds is 4. The highest BCUT2D eigenvalue weighted by Gasteiger charge is 2.10. The van der Waals surface area contributed by atoms with Crippen molar-refractivity contribution in [2.75, 3.05) is 11.1 Å². The summed E-state index contributed by atoms with van der Waals surface area (Å²) in [5.41, 5.74) is 7.79. The summed E-state index contributed by atoms with van der Waals surface area (Å²) in [6.45, 7) is 3.83. The third-order valence-corrected chi connectivity index (χ3v) is 2.93. The van der Waals surface area contributed by atoms with Crippen LogP contribution >= 0.6 is 0 Å². The van der Waals surface area contributed by atoms with Gasteiger partial charge in [0, 0.05) is 18.5 Å². The quantitative estimate of drug-likeness (QED) is 0.794. The zero-order valence-corrected chi connectivity index (χ0v) is 10.5. The maximum Gasteiger partial charge on any atom is 0.125 e. The molecule has 0 spiro atoms. The van der Waals surface area contributed by atoms with Gasteiger partial charge < -0.3 is 11.1 Å². The molecule has 3 N–H and O–H groups in total. The first-order valence-corrected chi connectivity index (χ1v) is 6.10. The normalized spacial score (nSPS) is 14.6. The van der Waals surface area contributed by atoms with Crippen molar-refractivity contribution in [3.63, 3.8) is 0 Å². The molecule has 2 nitrogen and oxygen atoms in total. The number of hydrogen-bond acceptors (Lipinski definition) is 2. The van der Waals surface area contributed by atoms with E-state index < -0.39 is 0 Å². The Balaban J connectivity index is 2.05. The molecule has 0 heterocycles. The Bertz CT molecular complexity index is 559. The van der Waals surface area contributed by atoms with E-state index in [0.29, 0.717) is 35.5 Å². The van der Waals surface area contributed by atoms with E-state index in [0.717, 1.165) is 6.42 Å². The molecule has 1 aromatic rings. The second kappa shape index (κ2) is 5.69. The van der Waals surface area contributed by atoms with Gasteiger partial charge in [-0.1, -0.05) is 18.7 Å². The van der Waals surface area contributed by atoms with Crippen LogP contribution in [0, 0.1) is 5.82 Å². The Labute approximate surface area is 111 Å². The Kier molecular flexibility index (Phi) is 4.00. The smallest absolute Gasteiger partial charge is 0.125 e. The third-order valence-electron chi connectivity index (χ3n) is 2.93. The fraction of sp³-hybridized carbons (Fsp3) is 0.200. The first-order valence-electron chi connectivity index (χ1n) is 6.10. The summed E-state index contributed by atoms with van der Waals surface area (Å²) in [5, 5.41) is 2.92. The van der Waals surface area contributed by atoms with E-state index in [4.69, 9.17) is 5.73 Å². The summed E-state index contributed by atoms with van der Waals surface area (Å²) in [4.78, 5) is 0. The van der Waals surface area contributed by atoms with E-state index in [1.54, 1.807) is 6.08 Å².